The van der Waals surface area contributed by atoms with E-state index in [0.717, 1.165) is 31.6 Å². The first kappa shape index (κ1) is 12.2. The molecule has 1 aromatic rings. The van der Waals surface area contributed by atoms with Crippen LogP contribution in [0.4, 0.5) is 0 Å². The van der Waals surface area contributed by atoms with Crippen molar-refractivity contribution in [3.05, 3.63) is 35.9 Å². The minimum absolute atomic E-state index is 0.369. The maximum Gasteiger partial charge on any atom is 0.0605 e. The minimum Gasteiger partial charge on any atom is -0.327 e. The molecule has 1 aromatic carbocycles. The molecular formula is C15H20N2. The summed E-state index contributed by atoms with van der Waals surface area (Å²) < 4.78 is 0. The number of hydrogen-bond donors (Lipinski definition) is 1. The second-order valence-corrected chi connectivity index (χ2v) is 4.83. The molecule has 2 N–H and O–H groups in total. The van der Waals surface area contributed by atoms with E-state index >= 15 is 0 Å². The Kier molecular flexibility index (Phi) is 4.19. The number of nitrogens with two attached hydrogens (primary N) is 1. The van der Waals surface area contributed by atoms with Gasteiger partial charge in [-0.25, -0.2) is 0 Å². The lowest BCUT2D eigenvalue weighted by molar-refractivity contribution is 0.182. The molecule has 0 aliphatic carbocycles. The predicted octanol–water partition coefficient (Wildman–Crippen LogP) is 1.71. The zero-order chi connectivity index (χ0) is 12.1. The third-order valence-electron chi connectivity index (χ3n) is 3.36. The van der Waals surface area contributed by atoms with Crippen LogP contribution in [0.15, 0.2) is 30.3 Å². The van der Waals surface area contributed by atoms with Gasteiger partial charge in [-0.15, -0.1) is 0 Å². The first-order valence-electron chi connectivity index (χ1n) is 6.27. The van der Waals surface area contributed by atoms with Crippen molar-refractivity contribution in [3.8, 4) is 11.8 Å². The molecule has 2 nitrogen and oxygen atoms in total. The van der Waals surface area contributed by atoms with Gasteiger partial charge in [0.15, 0.2) is 0 Å². The fourth-order valence-corrected chi connectivity index (χ4v) is 2.17. The lowest BCUT2D eigenvalue weighted by Gasteiger charge is -2.33. The highest BCUT2D eigenvalue weighted by molar-refractivity contribution is 5.33. The molecule has 0 saturated carbocycles. The molecule has 0 radical (unpaired) electrons. The van der Waals surface area contributed by atoms with Gasteiger partial charge in [0.2, 0.25) is 0 Å². The highest BCUT2D eigenvalue weighted by Crippen LogP contribution is 2.13. The highest BCUT2D eigenvalue weighted by Gasteiger charge is 2.21. The van der Waals surface area contributed by atoms with Crippen LogP contribution in [0.1, 0.15) is 18.9 Å². The van der Waals surface area contributed by atoms with Crippen molar-refractivity contribution in [2.75, 3.05) is 19.6 Å². The molecule has 0 spiro atoms. The van der Waals surface area contributed by atoms with Crippen molar-refractivity contribution < 1.29 is 0 Å². The Hall–Kier alpha value is -1.30. The normalized spacial score (nSPS) is 25.1. The molecule has 2 heteroatoms. The zero-order valence-electron chi connectivity index (χ0n) is 10.4. The van der Waals surface area contributed by atoms with E-state index in [0.29, 0.717) is 12.0 Å². The van der Waals surface area contributed by atoms with Crippen LogP contribution in [0.5, 0.6) is 0 Å². The topological polar surface area (TPSA) is 29.3 Å². The summed E-state index contributed by atoms with van der Waals surface area (Å²) in [6, 6.07) is 10.5. The molecule has 90 valence electrons. The van der Waals surface area contributed by atoms with Crippen LogP contribution < -0.4 is 5.73 Å². The summed E-state index contributed by atoms with van der Waals surface area (Å²) in [5, 5.41) is 0. The molecule has 0 aromatic heterocycles. The van der Waals surface area contributed by atoms with E-state index in [1.807, 2.05) is 30.3 Å². The number of nitrogens with zero attached hydrogens (tertiary/aromatic N) is 1. The van der Waals surface area contributed by atoms with Crippen LogP contribution in [-0.4, -0.2) is 30.6 Å². The van der Waals surface area contributed by atoms with Crippen molar-refractivity contribution in [2.45, 2.75) is 19.4 Å². The van der Waals surface area contributed by atoms with Crippen molar-refractivity contribution in [1.29, 1.82) is 0 Å². The Balaban J connectivity index is 1.85. The molecule has 1 saturated heterocycles. The van der Waals surface area contributed by atoms with E-state index in [4.69, 9.17) is 5.73 Å². The quantitative estimate of drug-likeness (QED) is 0.741. The Morgan fingerprint density at radius 1 is 1.35 bits per heavy atom. The van der Waals surface area contributed by atoms with E-state index in [1.54, 1.807) is 0 Å². The Labute approximate surface area is 104 Å². The molecule has 1 aliphatic heterocycles. The third kappa shape index (κ3) is 3.59. The van der Waals surface area contributed by atoms with Crippen LogP contribution >= 0.6 is 0 Å². The summed E-state index contributed by atoms with van der Waals surface area (Å²) in [7, 11) is 0. The number of likely N-dealkylation sites (tertiary alicyclic amines) is 1. The van der Waals surface area contributed by atoms with E-state index in [1.165, 1.54) is 0 Å². The largest absolute Gasteiger partial charge is 0.327 e. The van der Waals surface area contributed by atoms with Crippen molar-refractivity contribution in [1.82, 2.24) is 4.90 Å². The molecule has 2 unspecified atom stereocenters. The maximum atomic E-state index is 6.00. The van der Waals surface area contributed by atoms with Gasteiger partial charge in [-0.3, -0.25) is 4.90 Å². The van der Waals surface area contributed by atoms with E-state index in [2.05, 4.69) is 23.7 Å². The number of benzene rings is 1. The Bertz CT molecular complexity index is 402. The minimum atomic E-state index is 0.369. The van der Waals surface area contributed by atoms with Gasteiger partial charge in [-0.1, -0.05) is 37.0 Å². The third-order valence-corrected chi connectivity index (χ3v) is 3.36. The van der Waals surface area contributed by atoms with Gasteiger partial charge in [0.25, 0.3) is 0 Å². The summed E-state index contributed by atoms with van der Waals surface area (Å²) >= 11 is 0. The van der Waals surface area contributed by atoms with E-state index in [-0.39, 0.29) is 0 Å². The number of rotatable bonds is 1. The lowest BCUT2D eigenvalue weighted by atomic mass is 9.95. The van der Waals surface area contributed by atoms with Gasteiger partial charge < -0.3 is 5.73 Å². The lowest BCUT2D eigenvalue weighted by Crippen LogP contribution is -2.45. The van der Waals surface area contributed by atoms with Crippen molar-refractivity contribution >= 4 is 0 Å². The van der Waals surface area contributed by atoms with Gasteiger partial charge >= 0.3 is 0 Å². The van der Waals surface area contributed by atoms with Crippen molar-refractivity contribution in [2.24, 2.45) is 11.7 Å². The number of hydrogen-bond acceptors (Lipinski definition) is 2. The van der Waals surface area contributed by atoms with Gasteiger partial charge in [0, 0.05) is 24.7 Å². The molecule has 2 atom stereocenters. The van der Waals surface area contributed by atoms with Crippen LogP contribution in [0.25, 0.3) is 0 Å². The average molecular weight is 228 g/mol. The van der Waals surface area contributed by atoms with Gasteiger partial charge in [0.1, 0.15) is 0 Å². The second-order valence-electron chi connectivity index (χ2n) is 4.83. The first-order chi connectivity index (χ1) is 8.25. The van der Waals surface area contributed by atoms with Crippen LogP contribution in [0.3, 0.4) is 0 Å². The summed E-state index contributed by atoms with van der Waals surface area (Å²) in [4.78, 5) is 2.39. The first-order valence-corrected chi connectivity index (χ1v) is 6.27. The number of piperidine rings is 1. The second kappa shape index (κ2) is 5.86. The summed E-state index contributed by atoms with van der Waals surface area (Å²) in [5.74, 6) is 7.02. The van der Waals surface area contributed by atoms with Gasteiger partial charge in [-0.2, -0.15) is 0 Å². The molecule has 1 aliphatic rings. The molecule has 1 heterocycles. The maximum absolute atomic E-state index is 6.00. The molecule has 0 amide bonds. The fourth-order valence-electron chi connectivity index (χ4n) is 2.17. The van der Waals surface area contributed by atoms with E-state index in [9.17, 15) is 0 Å². The summed E-state index contributed by atoms with van der Waals surface area (Å²) in [6.45, 7) is 5.23. The monoisotopic (exact) mass is 228 g/mol. The van der Waals surface area contributed by atoms with Crippen LogP contribution in [0.2, 0.25) is 0 Å². The predicted molar refractivity (Wildman–Crippen MR) is 71.5 cm³/mol. The Morgan fingerprint density at radius 2 is 2.12 bits per heavy atom. The fraction of sp³-hybridized carbons (Fsp3) is 0.467. The Morgan fingerprint density at radius 3 is 2.82 bits per heavy atom. The molecule has 17 heavy (non-hydrogen) atoms. The molecule has 0 bridgehead atoms. The highest BCUT2D eigenvalue weighted by atomic mass is 15.1. The smallest absolute Gasteiger partial charge is 0.0605 e. The molecule has 1 fully saturated rings. The SMILES string of the molecule is CC1CN(CC#Cc2ccccc2)CCC1N. The summed E-state index contributed by atoms with van der Waals surface area (Å²) in [5.41, 5.74) is 7.09. The molecule has 2 rings (SSSR count). The zero-order valence-corrected chi connectivity index (χ0v) is 10.4. The van der Waals surface area contributed by atoms with E-state index < -0.39 is 0 Å². The molecular weight excluding hydrogens is 208 g/mol. The summed E-state index contributed by atoms with van der Waals surface area (Å²) in [6.07, 6.45) is 1.09. The standard InChI is InChI=1S/C15H20N2/c1-13-12-17(11-9-15(13)16)10-5-8-14-6-3-2-4-7-14/h2-4,6-7,13,15H,9-12,16H2,1H3. The van der Waals surface area contributed by atoms with Gasteiger partial charge in [0.05, 0.1) is 6.54 Å². The van der Waals surface area contributed by atoms with Crippen molar-refractivity contribution in [3.63, 3.8) is 0 Å². The van der Waals surface area contributed by atoms with Crippen LogP contribution in [0, 0.1) is 17.8 Å². The van der Waals surface area contributed by atoms with Gasteiger partial charge in [-0.05, 0) is 24.5 Å². The van der Waals surface area contributed by atoms with Crippen LogP contribution in [-0.2, 0) is 0 Å². The average Bonchev–Trinajstić information content (AvgIpc) is 2.35.